The zero-order chi connectivity index (χ0) is 33.5. The van der Waals surface area contributed by atoms with Crippen LogP contribution in [0.1, 0.15) is 40.5 Å². The van der Waals surface area contributed by atoms with E-state index in [1.54, 1.807) is 53.4 Å². The van der Waals surface area contributed by atoms with Crippen LogP contribution in [-0.4, -0.2) is 33.0 Å². The Hall–Kier alpha value is -4.86. The number of anilines is 1. The van der Waals surface area contributed by atoms with E-state index in [1.165, 1.54) is 6.42 Å². The zero-order valence-electron chi connectivity index (χ0n) is 27.6. The van der Waals surface area contributed by atoms with Crippen LogP contribution in [0.5, 0.6) is 5.75 Å². The topological polar surface area (TPSA) is 86.6 Å². The van der Waals surface area contributed by atoms with Gasteiger partial charge in [0, 0.05) is 18.8 Å². The first-order valence-electron chi connectivity index (χ1n) is 15.9. The number of rotatable bonds is 16. The number of benzene rings is 4. The van der Waals surface area contributed by atoms with Gasteiger partial charge in [0.25, 0.3) is 0 Å². The fraction of sp³-hybridized carbons (Fsp3) is 0.351. The van der Waals surface area contributed by atoms with Crippen molar-refractivity contribution in [1.29, 1.82) is 0 Å². The molecule has 0 aliphatic carbocycles. The molecule has 4 aromatic rings. The SMILES string of the molecule is CC(CCOc1ccc(N=Nc2ccc(N=Nc3ccc(N=Nc4ccc(N(CCF)CCF)cc4)cc3)cc2)cc1)CC(C)(C)C. The summed E-state index contributed by atoms with van der Waals surface area (Å²) in [6.45, 7) is 9.00. The van der Waals surface area contributed by atoms with Crippen LogP contribution in [0.3, 0.4) is 0 Å². The molecule has 4 aromatic carbocycles. The van der Waals surface area contributed by atoms with E-state index < -0.39 is 13.3 Å². The van der Waals surface area contributed by atoms with E-state index in [0.29, 0.717) is 46.4 Å². The Morgan fingerprint density at radius 1 is 0.574 bits per heavy atom. The van der Waals surface area contributed by atoms with Gasteiger partial charge in [0.15, 0.2) is 0 Å². The van der Waals surface area contributed by atoms with Crippen LogP contribution in [0, 0.1) is 11.3 Å². The van der Waals surface area contributed by atoms with Crippen LogP contribution in [0.25, 0.3) is 0 Å². The summed E-state index contributed by atoms with van der Waals surface area (Å²) in [5.74, 6) is 1.45. The number of hydrogen-bond acceptors (Lipinski definition) is 8. The molecule has 246 valence electrons. The molecule has 1 unspecified atom stereocenters. The maximum atomic E-state index is 12.7. The molecule has 0 fully saturated rings. The van der Waals surface area contributed by atoms with Gasteiger partial charge < -0.3 is 9.64 Å². The van der Waals surface area contributed by atoms with Crippen molar-refractivity contribution in [3.05, 3.63) is 97.1 Å². The smallest absolute Gasteiger partial charge is 0.119 e. The lowest BCUT2D eigenvalue weighted by Crippen LogP contribution is -2.27. The predicted molar refractivity (Wildman–Crippen MR) is 186 cm³/mol. The molecular weight excluding hydrogens is 596 g/mol. The number of hydrogen-bond donors (Lipinski definition) is 0. The van der Waals surface area contributed by atoms with Gasteiger partial charge in [-0.2, -0.15) is 30.7 Å². The van der Waals surface area contributed by atoms with E-state index in [1.807, 2.05) is 48.5 Å². The van der Waals surface area contributed by atoms with Crippen LogP contribution in [0.2, 0.25) is 0 Å². The molecule has 0 amide bonds. The Balaban J connectivity index is 1.23. The molecule has 0 aliphatic heterocycles. The maximum Gasteiger partial charge on any atom is 0.119 e. The first-order valence-corrected chi connectivity index (χ1v) is 15.9. The lowest BCUT2D eigenvalue weighted by atomic mass is 9.84. The second kappa shape index (κ2) is 17.7. The molecule has 10 heteroatoms. The monoisotopic (exact) mass is 639 g/mol. The zero-order valence-corrected chi connectivity index (χ0v) is 27.6. The summed E-state index contributed by atoms with van der Waals surface area (Å²) < 4.78 is 31.4. The van der Waals surface area contributed by atoms with E-state index in [4.69, 9.17) is 4.74 Å². The molecule has 1 atom stereocenters. The fourth-order valence-electron chi connectivity index (χ4n) is 4.96. The standard InChI is InChI=1S/C37H43F2N7O/c1-28(27-37(2,3)4)21-26-47-36-19-15-34(16-20-36)45-43-32-11-7-30(8-12-32)41-40-29-5-9-31(10-6-29)42-44-33-13-17-35(18-14-33)46(24-22-38)25-23-39/h5-20,28H,21-27H2,1-4H3. The Kier molecular flexibility index (Phi) is 13.2. The quantitative estimate of drug-likeness (QED) is 0.114. The molecule has 0 spiro atoms. The van der Waals surface area contributed by atoms with Gasteiger partial charge >= 0.3 is 0 Å². The lowest BCUT2D eigenvalue weighted by molar-refractivity contribution is 0.240. The van der Waals surface area contributed by atoms with Crippen molar-refractivity contribution < 1.29 is 13.5 Å². The van der Waals surface area contributed by atoms with Gasteiger partial charge in [0.05, 0.1) is 40.7 Å². The molecule has 0 bridgehead atoms. The van der Waals surface area contributed by atoms with Crippen LogP contribution in [0.4, 0.5) is 48.6 Å². The molecule has 0 radical (unpaired) electrons. The average Bonchev–Trinajstić information content (AvgIpc) is 3.06. The molecule has 0 saturated carbocycles. The summed E-state index contributed by atoms with van der Waals surface area (Å²) >= 11 is 0. The maximum absolute atomic E-state index is 12.7. The molecular formula is C37H43F2N7O. The Labute approximate surface area is 276 Å². The third-order valence-corrected chi connectivity index (χ3v) is 7.14. The van der Waals surface area contributed by atoms with Gasteiger partial charge in [-0.3, -0.25) is 0 Å². The molecule has 8 nitrogen and oxygen atoms in total. The molecule has 0 N–H and O–H groups in total. The molecule has 0 aliphatic rings. The first-order chi connectivity index (χ1) is 22.7. The highest BCUT2D eigenvalue weighted by Gasteiger charge is 2.15. The van der Waals surface area contributed by atoms with Gasteiger partial charge in [-0.25, -0.2) is 8.78 Å². The van der Waals surface area contributed by atoms with E-state index in [9.17, 15) is 8.78 Å². The van der Waals surface area contributed by atoms with E-state index in [2.05, 4.69) is 58.4 Å². The van der Waals surface area contributed by atoms with Crippen molar-refractivity contribution in [1.82, 2.24) is 0 Å². The first kappa shape index (κ1) is 35.0. The van der Waals surface area contributed by atoms with Gasteiger partial charge in [-0.1, -0.05) is 27.7 Å². The van der Waals surface area contributed by atoms with E-state index in [-0.39, 0.29) is 13.1 Å². The molecule has 4 rings (SSSR count). The predicted octanol–water partition coefficient (Wildman–Crippen LogP) is 12.5. The van der Waals surface area contributed by atoms with E-state index >= 15 is 0 Å². The van der Waals surface area contributed by atoms with Gasteiger partial charge in [0.2, 0.25) is 0 Å². The minimum atomic E-state index is -0.540. The van der Waals surface area contributed by atoms with E-state index in [0.717, 1.165) is 23.5 Å². The van der Waals surface area contributed by atoms with Crippen LogP contribution in [0.15, 0.2) is 128 Å². The minimum Gasteiger partial charge on any atom is -0.494 e. The molecule has 0 aromatic heterocycles. The third-order valence-electron chi connectivity index (χ3n) is 7.14. The molecule has 0 heterocycles. The lowest BCUT2D eigenvalue weighted by Gasteiger charge is -2.23. The van der Waals surface area contributed by atoms with Gasteiger partial charge in [0.1, 0.15) is 19.1 Å². The van der Waals surface area contributed by atoms with Gasteiger partial charge in [-0.15, -0.1) is 0 Å². The summed E-state index contributed by atoms with van der Waals surface area (Å²) in [6.07, 6.45) is 2.21. The number of ether oxygens (including phenoxy) is 1. The van der Waals surface area contributed by atoms with Gasteiger partial charge in [-0.05, 0) is 121 Å². The summed E-state index contributed by atoms with van der Waals surface area (Å²) in [4.78, 5) is 1.65. The Morgan fingerprint density at radius 2 is 0.915 bits per heavy atom. The molecule has 0 saturated heterocycles. The second-order valence-electron chi connectivity index (χ2n) is 12.5. The fourth-order valence-corrected chi connectivity index (χ4v) is 4.96. The van der Waals surface area contributed by atoms with Crippen molar-refractivity contribution in [2.45, 2.75) is 40.5 Å². The van der Waals surface area contributed by atoms with Crippen molar-refractivity contribution in [2.75, 3.05) is 37.9 Å². The van der Waals surface area contributed by atoms with Crippen molar-refractivity contribution >= 4 is 39.8 Å². The van der Waals surface area contributed by atoms with Crippen LogP contribution >= 0.6 is 0 Å². The van der Waals surface area contributed by atoms with Crippen LogP contribution < -0.4 is 9.64 Å². The Bertz CT molecular complexity index is 1580. The molecule has 47 heavy (non-hydrogen) atoms. The highest BCUT2D eigenvalue weighted by atomic mass is 19.1. The summed E-state index contributed by atoms with van der Waals surface area (Å²) in [6, 6.07) is 29.3. The number of nitrogens with zero attached hydrogens (tertiary/aromatic N) is 7. The number of halogens is 2. The Morgan fingerprint density at radius 3 is 1.26 bits per heavy atom. The number of azo groups is 3. The minimum absolute atomic E-state index is 0.149. The number of alkyl halides is 2. The highest BCUT2D eigenvalue weighted by Crippen LogP contribution is 2.28. The van der Waals surface area contributed by atoms with Crippen molar-refractivity contribution in [3.8, 4) is 5.75 Å². The second-order valence-corrected chi connectivity index (χ2v) is 12.5. The average molecular weight is 640 g/mol. The highest BCUT2D eigenvalue weighted by molar-refractivity contribution is 5.54. The summed E-state index contributed by atoms with van der Waals surface area (Å²) in [5.41, 5.74) is 5.18. The summed E-state index contributed by atoms with van der Waals surface area (Å²) in [5, 5.41) is 25.8. The van der Waals surface area contributed by atoms with Crippen molar-refractivity contribution in [3.63, 3.8) is 0 Å². The third kappa shape index (κ3) is 12.5. The largest absolute Gasteiger partial charge is 0.494 e. The van der Waals surface area contributed by atoms with Crippen LogP contribution in [-0.2, 0) is 0 Å². The van der Waals surface area contributed by atoms with Crippen molar-refractivity contribution in [2.24, 2.45) is 42.0 Å². The summed E-state index contributed by atoms with van der Waals surface area (Å²) in [7, 11) is 0. The normalized spacial score (nSPS) is 12.7.